The van der Waals surface area contributed by atoms with Gasteiger partial charge in [0.2, 0.25) is 11.8 Å². The predicted octanol–water partition coefficient (Wildman–Crippen LogP) is 5.55. The van der Waals surface area contributed by atoms with Crippen LogP contribution in [-0.2, 0) is 9.59 Å². The normalized spacial score (nSPS) is 14.6. The molecule has 1 fully saturated rings. The molecule has 0 atom stereocenters. The van der Waals surface area contributed by atoms with Crippen LogP contribution in [0.2, 0.25) is 15.2 Å². The van der Waals surface area contributed by atoms with Gasteiger partial charge in [-0.3, -0.25) is 9.59 Å². The van der Waals surface area contributed by atoms with E-state index in [1.807, 2.05) is 13.8 Å². The highest BCUT2D eigenvalue weighted by atomic mass is 35.5. The summed E-state index contributed by atoms with van der Waals surface area (Å²) in [5.41, 5.74) is 0.242. The lowest BCUT2D eigenvalue weighted by atomic mass is 10.0. The molecular formula is C19H18Cl3N3O4. The second-order valence-electron chi connectivity index (χ2n) is 7.26. The van der Waals surface area contributed by atoms with Gasteiger partial charge >= 0.3 is 5.97 Å². The molecule has 0 bridgehead atoms. The predicted molar refractivity (Wildman–Crippen MR) is 110 cm³/mol. The number of nitrogens with one attached hydrogen (secondary N) is 1. The number of carbonyl (C=O) groups excluding carboxylic acids is 1. The van der Waals surface area contributed by atoms with E-state index in [0.717, 1.165) is 5.56 Å². The van der Waals surface area contributed by atoms with Crippen molar-refractivity contribution in [3.05, 3.63) is 39.0 Å². The van der Waals surface area contributed by atoms with Crippen molar-refractivity contribution in [3.63, 3.8) is 0 Å². The van der Waals surface area contributed by atoms with E-state index in [9.17, 15) is 9.59 Å². The quantitative estimate of drug-likeness (QED) is 0.564. The maximum absolute atomic E-state index is 12.4. The molecule has 0 aliphatic heterocycles. The van der Waals surface area contributed by atoms with E-state index >= 15 is 0 Å². The van der Waals surface area contributed by atoms with Gasteiger partial charge in [0.15, 0.2) is 10.9 Å². The molecule has 7 nitrogen and oxygen atoms in total. The molecule has 0 saturated heterocycles. The molecule has 1 aromatic carbocycles. The third kappa shape index (κ3) is 4.91. The highest BCUT2D eigenvalue weighted by Crippen LogP contribution is 2.50. The standard InChI is InChI=1S/C19H18Cl3N3O4/c1-9(2)11-7-14(24-25-17(11)22)29-16-12(20)5-10(6-13(16)21)23-18(28)19(3-4-19)8-15(26)27/h5-7,9H,3-4,8H2,1-2H3,(H,23,28)(H,26,27). The Kier molecular flexibility index (Phi) is 6.22. The van der Waals surface area contributed by atoms with Gasteiger partial charge in [0.1, 0.15) is 0 Å². The fourth-order valence-electron chi connectivity index (χ4n) is 2.85. The number of hydrogen-bond donors (Lipinski definition) is 2. The maximum atomic E-state index is 12.4. The molecule has 2 N–H and O–H groups in total. The minimum absolute atomic E-state index is 0.115. The average molecular weight is 459 g/mol. The van der Waals surface area contributed by atoms with Crippen molar-refractivity contribution in [2.24, 2.45) is 5.41 Å². The van der Waals surface area contributed by atoms with Gasteiger partial charge in [0, 0.05) is 11.8 Å². The van der Waals surface area contributed by atoms with E-state index in [1.165, 1.54) is 12.1 Å². The largest absolute Gasteiger partial charge is 0.481 e. The first-order valence-electron chi connectivity index (χ1n) is 8.84. The zero-order valence-corrected chi connectivity index (χ0v) is 17.9. The molecule has 0 radical (unpaired) electrons. The van der Waals surface area contributed by atoms with Crippen LogP contribution in [0, 0.1) is 5.41 Å². The van der Waals surface area contributed by atoms with Gasteiger partial charge in [-0.25, -0.2) is 0 Å². The number of benzene rings is 1. The number of carbonyl (C=O) groups is 2. The highest BCUT2D eigenvalue weighted by molar-refractivity contribution is 6.37. The topological polar surface area (TPSA) is 101 Å². The van der Waals surface area contributed by atoms with Crippen LogP contribution in [0.4, 0.5) is 5.69 Å². The van der Waals surface area contributed by atoms with Crippen LogP contribution in [0.15, 0.2) is 18.2 Å². The fraction of sp³-hybridized carbons (Fsp3) is 0.368. The number of carboxylic acids is 1. The van der Waals surface area contributed by atoms with E-state index in [4.69, 9.17) is 44.6 Å². The second-order valence-corrected chi connectivity index (χ2v) is 8.43. The summed E-state index contributed by atoms with van der Waals surface area (Å²) >= 11 is 18.6. The summed E-state index contributed by atoms with van der Waals surface area (Å²) in [4.78, 5) is 23.4. The van der Waals surface area contributed by atoms with E-state index in [-0.39, 0.29) is 45.1 Å². The molecule has 1 aromatic heterocycles. The van der Waals surface area contributed by atoms with Crippen LogP contribution in [-0.4, -0.2) is 27.2 Å². The number of nitrogens with zero attached hydrogens (tertiary/aromatic N) is 2. The summed E-state index contributed by atoms with van der Waals surface area (Å²) in [6.07, 6.45) is 0.845. The van der Waals surface area contributed by atoms with Crippen LogP contribution in [0.25, 0.3) is 0 Å². The molecule has 1 aliphatic rings. The van der Waals surface area contributed by atoms with Crippen molar-refractivity contribution in [1.29, 1.82) is 0 Å². The van der Waals surface area contributed by atoms with Crippen molar-refractivity contribution in [2.75, 3.05) is 5.32 Å². The van der Waals surface area contributed by atoms with Crippen molar-refractivity contribution in [2.45, 2.75) is 39.0 Å². The van der Waals surface area contributed by atoms with Crippen molar-refractivity contribution in [1.82, 2.24) is 10.2 Å². The lowest BCUT2D eigenvalue weighted by Gasteiger charge is -2.15. The number of hydrogen-bond acceptors (Lipinski definition) is 5. The van der Waals surface area contributed by atoms with Crippen molar-refractivity contribution < 1.29 is 19.4 Å². The molecule has 2 aromatic rings. The molecule has 1 heterocycles. The number of halogens is 3. The Labute approximate surface area is 182 Å². The fourth-order valence-corrected chi connectivity index (χ4v) is 3.72. The SMILES string of the molecule is CC(C)c1cc(Oc2c(Cl)cc(NC(=O)C3(CC(=O)O)CC3)cc2Cl)nnc1Cl. The highest BCUT2D eigenvalue weighted by Gasteiger charge is 2.51. The smallest absolute Gasteiger partial charge is 0.304 e. The molecule has 0 spiro atoms. The maximum Gasteiger partial charge on any atom is 0.304 e. The molecule has 10 heteroatoms. The summed E-state index contributed by atoms with van der Waals surface area (Å²) in [5, 5.41) is 20.0. The third-order valence-electron chi connectivity index (χ3n) is 4.66. The van der Waals surface area contributed by atoms with Gasteiger partial charge in [-0.15, -0.1) is 10.2 Å². The lowest BCUT2D eigenvalue weighted by molar-refractivity contribution is -0.140. The second kappa shape index (κ2) is 8.34. The van der Waals surface area contributed by atoms with Gasteiger partial charge in [0.25, 0.3) is 0 Å². The lowest BCUT2D eigenvalue weighted by Crippen LogP contribution is -2.26. The number of aliphatic carboxylic acids is 1. The Morgan fingerprint density at radius 1 is 1.17 bits per heavy atom. The number of ether oxygens (including phenoxy) is 1. The summed E-state index contributed by atoms with van der Waals surface area (Å²) in [6, 6.07) is 4.61. The Morgan fingerprint density at radius 3 is 2.31 bits per heavy atom. The summed E-state index contributed by atoms with van der Waals surface area (Å²) in [7, 11) is 0. The molecule has 1 saturated carbocycles. The van der Waals surface area contributed by atoms with Gasteiger partial charge in [-0.05, 0) is 36.5 Å². The molecule has 1 amide bonds. The number of amides is 1. The zero-order chi connectivity index (χ0) is 21.3. The third-order valence-corrected chi connectivity index (χ3v) is 5.52. The number of carboxylic acid groups (broad SMARTS) is 1. The Balaban J connectivity index is 1.79. The summed E-state index contributed by atoms with van der Waals surface area (Å²) in [5.74, 6) is -0.931. The summed E-state index contributed by atoms with van der Waals surface area (Å²) in [6.45, 7) is 3.92. The first-order chi connectivity index (χ1) is 13.6. The Hall–Kier alpha value is -2.09. The first-order valence-corrected chi connectivity index (χ1v) is 9.98. The van der Waals surface area contributed by atoms with E-state index in [2.05, 4.69) is 15.5 Å². The molecule has 29 heavy (non-hydrogen) atoms. The minimum atomic E-state index is -1.01. The van der Waals surface area contributed by atoms with Crippen LogP contribution in [0.1, 0.15) is 44.6 Å². The Bertz CT molecular complexity index is 954. The van der Waals surface area contributed by atoms with E-state index in [1.54, 1.807) is 6.07 Å². The minimum Gasteiger partial charge on any atom is -0.481 e. The van der Waals surface area contributed by atoms with E-state index in [0.29, 0.717) is 18.5 Å². The number of aromatic nitrogens is 2. The van der Waals surface area contributed by atoms with Gasteiger partial charge in [0.05, 0.1) is 21.9 Å². The zero-order valence-electron chi connectivity index (χ0n) is 15.6. The van der Waals surface area contributed by atoms with Gasteiger partial charge in [-0.1, -0.05) is 48.7 Å². The molecule has 154 valence electrons. The number of anilines is 1. The average Bonchev–Trinajstić information content (AvgIpc) is 3.39. The molecule has 0 unspecified atom stereocenters. The van der Waals surface area contributed by atoms with Crippen LogP contribution >= 0.6 is 34.8 Å². The molecule has 1 aliphatic carbocycles. The van der Waals surface area contributed by atoms with Crippen LogP contribution in [0.5, 0.6) is 11.6 Å². The van der Waals surface area contributed by atoms with E-state index < -0.39 is 11.4 Å². The monoisotopic (exact) mass is 457 g/mol. The Morgan fingerprint density at radius 2 is 1.79 bits per heavy atom. The van der Waals surface area contributed by atoms with Crippen molar-refractivity contribution >= 4 is 52.4 Å². The first kappa shape index (κ1) is 21.6. The summed E-state index contributed by atoms with van der Waals surface area (Å²) < 4.78 is 5.69. The molecular weight excluding hydrogens is 441 g/mol. The van der Waals surface area contributed by atoms with Crippen molar-refractivity contribution in [3.8, 4) is 11.6 Å². The molecule has 3 rings (SSSR count). The van der Waals surface area contributed by atoms with Gasteiger partial charge < -0.3 is 15.2 Å². The number of rotatable bonds is 7. The van der Waals surface area contributed by atoms with Gasteiger partial charge in [-0.2, -0.15) is 0 Å². The van der Waals surface area contributed by atoms with Crippen LogP contribution < -0.4 is 10.1 Å². The van der Waals surface area contributed by atoms with Crippen LogP contribution in [0.3, 0.4) is 0 Å².